The minimum Gasteiger partial charge on any atom is -0.803 e. The van der Waals surface area contributed by atoms with E-state index in [1.807, 2.05) is 0 Å². The van der Waals surface area contributed by atoms with Crippen LogP contribution in [0.3, 0.4) is 0 Å². The van der Waals surface area contributed by atoms with Gasteiger partial charge in [0.25, 0.3) is 0 Å². The molecule has 3 heterocycles. The van der Waals surface area contributed by atoms with E-state index in [0.717, 1.165) is 0 Å². The molecule has 0 saturated carbocycles. The van der Waals surface area contributed by atoms with Gasteiger partial charge in [0.2, 0.25) is 16.7 Å². The Balaban J connectivity index is 0.000000473. The molecule has 0 unspecified atom stereocenters. The molecule has 3 aromatic heterocycles. The second-order valence-corrected chi connectivity index (χ2v) is 6.36. The van der Waals surface area contributed by atoms with E-state index in [9.17, 15) is 30.0 Å². The van der Waals surface area contributed by atoms with Crippen LogP contribution in [0, 0.1) is 36.4 Å². The number of aromatic nitrogens is 3. The minimum absolute atomic E-state index is 0. The van der Waals surface area contributed by atoms with Gasteiger partial charge in [-0.15, -0.1) is 0 Å². The van der Waals surface area contributed by atoms with Gasteiger partial charge in [-0.05, 0) is 39.0 Å². The molecule has 12 nitrogen and oxygen atoms in total. The molecule has 0 fully saturated rings. The van der Waals surface area contributed by atoms with Gasteiger partial charge in [0.05, 0.1) is 38.4 Å². The zero-order valence-electron chi connectivity index (χ0n) is 19.3. The summed E-state index contributed by atoms with van der Waals surface area (Å²) in [5.41, 5.74) is -0.824. The first-order chi connectivity index (χ1) is 15.5. The van der Waals surface area contributed by atoms with Crippen molar-refractivity contribution in [3.63, 3.8) is 0 Å². The van der Waals surface area contributed by atoms with E-state index in [4.69, 9.17) is 14.2 Å². The maximum Gasteiger partial charge on any atom is 3.00 e. The second-order valence-electron chi connectivity index (χ2n) is 6.36. The molecule has 0 aromatic carbocycles. The fourth-order valence-electron chi connectivity index (χ4n) is 2.45. The second kappa shape index (κ2) is 13.7. The largest absolute Gasteiger partial charge is 3.00 e. The summed E-state index contributed by atoms with van der Waals surface area (Å²) in [4.78, 5) is 32.1. The zero-order valence-corrected chi connectivity index (χ0v) is 20.4. The Bertz CT molecular complexity index is 1110. The van der Waals surface area contributed by atoms with E-state index in [1.54, 1.807) is 0 Å². The van der Waals surface area contributed by atoms with Crippen molar-refractivity contribution in [2.45, 2.75) is 20.8 Å². The summed E-state index contributed by atoms with van der Waals surface area (Å²) in [5, 5.41) is 32.6. The Morgan fingerprint density at radius 2 is 0.735 bits per heavy atom. The molecule has 0 aliphatic rings. The molecule has 0 N–H and O–H groups in total. The monoisotopic (exact) mass is 518 g/mol. The Morgan fingerprint density at radius 1 is 0.529 bits per heavy atom. The Labute approximate surface area is 205 Å². The molecule has 13 heteroatoms. The normalized spacial score (nSPS) is 9.35. The Hall–Kier alpha value is -3.83. The van der Waals surface area contributed by atoms with E-state index in [-0.39, 0.29) is 17.1 Å². The van der Waals surface area contributed by atoms with Gasteiger partial charge in [0.1, 0.15) is 17.2 Å². The predicted octanol–water partition coefficient (Wildman–Crippen LogP) is 1.53. The van der Waals surface area contributed by atoms with Crippen molar-refractivity contribution < 1.29 is 31.3 Å². The smallest absolute Gasteiger partial charge is 0.803 e. The van der Waals surface area contributed by atoms with Crippen LogP contribution in [0.4, 0.5) is 0 Å². The van der Waals surface area contributed by atoms with Crippen LogP contribution in [0.5, 0.6) is 17.2 Å². The maximum atomic E-state index is 10.9. The van der Waals surface area contributed by atoms with Crippen molar-refractivity contribution in [2.24, 2.45) is 0 Å². The van der Waals surface area contributed by atoms with Crippen molar-refractivity contribution in [1.82, 2.24) is 14.2 Å². The standard InChI is InChI=1S/3C7H8NO3.Fe/c3*1-5-6(11-2)3-4-7(9)8(5)10;/h3*3-4H,1-2H3;/q3*-1;+3. The maximum absolute atomic E-state index is 10.9. The van der Waals surface area contributed by atoms with E-state index in [2.05, 4.69) is 0 Å². The predicted molar refractivity (Wildman–Crippen MR) is 122 cm³/mol. The van der Waals surface area contributed by atoms with Gasteiger partial charge in [-0.1, -0.05) is 0 Å². The number of pyridine rings is 3. The third-order valence-corrected chi connectivity index (χ3v) is 4.38. The van der Waals surface area contributed by atoms with Crippen molar-refractivity contribution in [3.05, 3.63) is 100 Å². The third kappa shape index (κ3) is 7.36. The molecule has 0 bridgehead atoms. The number of ether oxygens (including phenoxy) is 3. The van der Waals surface area contributed by atoms with Gasteiger partial charge >= 0.3 is 17.1 Å². The van der Waals surface area contributed by atoms with Crippen LogP contribution in [0.25, 0.3) is 0 Å². The third-order valence-electron chi connectivity index (χ3n) is 4.38. The Morgan fingerprint density at radius 3 is 0.912 bits per heavy atom. The van der Waals surface area contributed by atoms with Gasteiger partial charge < -0.3 is 44.0 Å². The van der Waals surface area contributed by atoms with E-state index in [1.165, 1.54) is 78.5 Å². The average molecular weight is 518 g/mol. The molecular weight excluding hydrogens is 494 g/mol. The molecule has 185 valence electrons. The van der Waals surface area contributed by atoms with Crippen molar-refractivity contribution in [3.8, 4) is 17.2 Å². The first-order valence-electron chi connectivity index (χ1n) is 9.32. The van der Waals surface area contributed by atoms with Gasteiger partial charge in [-0.25, -0.2) is 0 Å². The van der Waals surface area contributed by atoms with Gasteiger partial charge in [0, 0.05) is 18.2 Å². The first kappa shape index (κ1) is 30.2. The van der Waals surface area contributed by atoms with Crippen molar-refractivity contribution in [2.75, 3.05) is 21.3 Å². The van der Waals surface area contributed by atoms with Crippen LogP contribution in [0.1, 0.15) is 17.1 Å². The number of nitrogens with zero attached hydrogens (tertiary/aromatic N) is 3. The van der Waals surface area contributed by atoms with E-state index < -0.39 is 16.7 Å². The quantitative estimate of drug-likeness (QED) is 0.468. The molecular formula is C21H24FeN3O9. The van der Waals surface area contributed by atoms with Crippen LogP contribution in [-0.2, 0) is 17.1 Å². The molecule has 1 radical (unpaired) electrons. The molecule has 3 aromatic rings. The van der Waals surface area contributed by atoms with Crippen molar-refractivity contribution >= 4 is 0 Å². The summed E-state index contributed by atoms with van der Waals surface area (Å²) in [6.45, 7) is 4.60. The number of hydrogen-bond donors (Lipinski definition) is 0. The summed E-state index contributed by atoms with van der Waals surface area (Å²) >= 11 is 0. The topological polar surface area (TPSA) is 163 Å². The summed E-state index contributed by atoms with van der Waals surface area (Å²) in [7, 11) is 4.35. The zero-order chi connectivity index (χ0) is 25.3. The summed E-state index contributed by atoms with van der Waals surface area (Å²) in [6.07, 6.45) is 0. The van der Waals surface area contributed by atoms with Crippen molar-refractivity contribution in [1.29, 1.82) is 0 Å². The number of methoxy groups -OCH3 is 3. The summed E-state index contributed by atoms with van der Waals surface area (Å²) in [6, 6.07) is 7.97. The fraction of sp³-hybridized carbons (Fsp3) is 0.286. The molecule has 0 aliphatic carbocycles. The van der Waals surface area contributed by atoms with Gasteiger partial charge in [-0.2, -0.15) is 0 Å². The van der Waals surface area contributed by atoms with Gasteiger partial charge in [0.15, 0.2) is 0 Å². The van der Waals surface area contributed by atoms with Crippen LogP contribution in [-0.4, -0.2) is 35.5 Å². The van der Waals surface area contributed by atoms with Crippen LogP contribution in [0.15, 0.2) is 50.8 Å². The summed E-state index contributed by atoms with van der Waals surface area (Å²) in [5.74, 6) is 1.29. The molecule has 0 saturated heterocycles. The van der Waals surface area contributed by atoms with E-state index in [0.29, 0.717) is 48.5 Å². The molecule has 0 aliphatic heterocycles. The van der Waals surface area contributed by atoms with Crippen LogP contribution in [0.2, 0.25) is 0 Å². The van der Waals surface area contributed by atoms with E-state index >= 15 is 0 Å². The molecule has 0 spiro atoms. The molecule has 0 amide bonds. The SMILES string of the molecule is COc1ccc(=O)n([O-])c1C.COc1ccc(=O)n([O-])c1C.COc1ccc(=O)n([O-])c1C.[Fe+3]. The van der Waals surface area contributed by atoms with Gasteiger partial charge in [-0.3, -0.25) is 14.4 Å². The number of hydrogen-bond acceptors (Lipinski definition) is 9. The fourth-order valence-corrected chi connectivity index (χ4v) is 2.45. The summed E-state index contributed by atoms with van der Waals surface area (Å²) < 4.78 is 15.4. The average Bonchev–Trinajstić information content (AvgIpc) is 2.81. The number of rotatable bonds is 3. The van der Waals surface area contributed by atoms with Crippen LogP contribution >= 0.6 is 0 Å². The molecule has 3 rings (SSSR count). The first-order valence-corrected chi connectivity index (χ1v) is 9.32. The molecule has 34 heavy (non-hydrogen) atoms. The minimum atomic E-state index is -0.566. The Kier molecular flexibility index (Phi) is 12.1. The van der Waals surface area contributed by atoms with Crippen LogP contribution < -0.4 is 30.9 Å². The molecule has 0 atom stereocenters.